The van der Waals surface area contributed by atoms with Crippen LogP contribution >= 0.6 is 10.2 Å². The average Bonchev–Trinajstić information content (AvgIpc) is 1.44. The molecule has 0 aromatic heterocycles. The molecule has 0 aromatic rings. The third-order valence-electron chi connectivity index (χ3n) is 2.26. The van der Waals surface area contributed by atoms with Crippen molar-refractivity contribution in [2.45, 2.75) is 32.7 Å². The molecule has 74 valence electrons. The minimum Gasteiger partial charge on any atom is -0.325 e. The summed E-state index contributed by atoms with van der Waals surface area (Å²) >= 11 is 0. The molecule has 1 heterocycles. The first kappa shape index (κ1) is 10.4. The predicted molar refractivity (Wildman–Crippen MR) is 58.4 cm³/mol. The number of rotatable bonds is 0. The van der Waals surface area contributed by atoms with Crippen molar-refractivity contribution >= 4 is 10.2 Å². The average molecular weight is 190 g/mol. The van der Waals surface area contributed by atoms with Gasteiger partial charge in [-0.3, -0.25) is 5.14 Å². The highest BCUT2D eigenvalue weighted by molar-refractivity contribution is 8.31. The van der Waals surface area contributed by atoms with Crippen molar-refractivity contribution in [3.63, 3.8) is 0 Å². The molecule has 1 aliphatic heterocycles. The fourth-order valence-electron chi connectivity index (χ4n) is 2.89. The Labute approximate surface area is 77.5 Å². The molecular formula is C9H22N2S. The Morgan fingerprint density at radius 1 is 1.17 bits per heavy atom. The summed E-state index contributed by atoms with van der Waals surface area (Å²) < 4.78 is 0. The van der Waals surface area contributed by atoms with E-state index < -0.39 is 10.2 Å². The third kappa shape index (κ3) is 2.64. The van der Waals surface area contributed by atoms with Crippen LogP contribution in [0.2, 0.25) is 0 Å². The highest BCUT2D eigenvalue weighted by Crippen LogP contribution is 2.51. The number of hydrogen-bond donors (Lipinski definition) is 2. The summed E-state index contributed by atoms with van der Waals surface area (Å²) in [6.45, 7) is 6.68. The molecular weight excluding hydrogens is 168 g/mol. The lowest BCUT2D eigenvalue weighted by Gasteiger charge is -2.51. The van der Waals surface area contributed by atoms with Gasteiger partial charge in [0.1, 0.15) is 0 Å². The molecule has 2 atom stereocenters. The predicted octanol–water partition coefficient (Wildman–Crippen LogP) is 1.44. The van der Waals surface area contributed by atoms with E-state index in [1.54, 1.807) is 0 Å². The zero-order chi connectivity index (χ0) is 9.62. The Bertz CT molecular complexity index is 140. The van der Waals surface area contributed by atoms with Crippen LogP contribution in [0, 0.1) is 5.41 Å². The molecule has 1 fully saturated rings. The maximum Gasteiger partial charge on any atom is 0.0219 e. The van der Waals surface area contributed by atoms with E-state index in [2.05, 4.69) is 27.0 Å². The van der Waals surface area contributed by atoms with E-state index in [0.29, 0.717) is 5.41 Å². The summed E-state index contributed by atoms with van der Waals surface area (Å²) in [5, 5.41) is 6.23. The lowest BCUT2D eigenvalue weighted by molar-refractivity contribution is 0.281. The van der Waals surface area contributed by atoms with Crippen LogP contribution in [0.5, 0.6) is 0 Å². The smallest absolute Gasteiger partial charge is 0.0219 e. The summed E-state index contributed by atoms with van der Waals surface area (Å²) in [4.78, 5) is 0. The minimum atomic E-state index is -0.923. The fourth-order valence-corrected chi connectivity index (χ4v) is 6.49. The molecule has 0 spiro atoms. The van der Waals surface area contributed by atoms with E-state index in [9.17, 15) is 0 Å². The van der Waals surface area contributed by atoms with Gasteiger partial charge < -0.3 is 5.73 Å². The number of hydrogen-bond acceptors (Lipinski definition) is 2. The molecule has 1 saturated heterocycles. The van der Waals surface area contributed by atoms with Crippen molar-refractivity contribution < 1.29 is 0 Å². The summed E-state index contributed by atoms with van der Waals surface area (Å²) in [5.41, 5.74) is 6.46. The van der Waals surface area contributed by atoms with Crippen molar-refractivity contribution in [3.8, 4) is 0 Å². The molecule has 0 bridgehead atoms. The van der Waals surface area contributed by atoms with Crippen molar-refractivity contribution in [2.75, 3.05) is 17.8 Å². The summed E-state index contributed by atoms with van der Waals surface area (Å²) in [6, 6.07) is 0. The van der Waals surface area contributed by atoms with Gasteiger partial charge in [-0.2, -0.15) is 10.2 Å². The topological polar surface area (TPSA) is 52.0 Å². The van der Waals surface area contributed by atoms with Crippen LogP contribution in [0.3, 0.4) is 0 Å². The molecule has 1 aliphatic rings. The van der Waals surface area contributed by atoms with E-state index >= 15 is 0 Å². The van der Waals surface area contributed by atoms with Crippen molar-refractivity contribution in [1.82, 2.24) is 0 Å². The first-order valence-corrected chi connectivity index (χ1v) is 6.87. The lowest BCUT2D eigenvalue weighted by Crippen LogP contribution is -2.53. The first-order chi connectivity index (χ1) is 5.12. The highest BCUT2D eigenvalue weighted by atomic mass is 32.3. The van der Waals surface area contributed by atoms with Gasteiger partial charge in [0.25, 0.3) is 0 Å². The normalized spacial score (nSPS) is 52.8. The largest absolute Gasteiger partial charge is 0.325 e. The molecule has 2 nitrogen and oxygen atoms in total. The molecule has 0 aromatic carbocycles. The SMILES string of the molecule is CC1(C)CC(C)(N)CS(C)(N)C1. The van der Waals surface area contributed by atoms with Crippen molar-refractivity contribution in [1.29, 1.82) is 0 Å². The molecule has 0 aliphatic carbocycles. The zero-order valence-electron chi connectivity index (χ0n) is 8.68. The van der Waals surface area contributed by atoms with Gasteiger partial charge in [0.15, 0.2) is 0 Å². The van der Waals surface area contributed by atoms with Crippen LogP contribution in [0.15, 0.2) is 0 Å². The zero-order valence-corrected chi connectivity index (χ0v) is 9.50. The van der Waals surface area contributed by atoms with Crippen LogP contribution in [0.25, 0.3) is 0 Å². The van der Waals surface area contributed by atoms with E-state index in [4.69, 9.17) is 10.9 Å². The molecule has 0 saturated carbocycles. The molecule has 1 rings (SSSR count). The van der Waals surface area contributed by atoms with Gasteiger partial charge in [-0.05, 0) is 30.8 Å². The lowest BCUT2D eigenvalue weighted by atomic mass is 9.81. The van der Waals surface area contributed by atoms with Gasteiger partial charge in [0.2, 0.25) is 0 Å². The maximum absolute atomic E-state index is 6.23. The van der Waals surface area contributed by atoms with Gasteiger partial charge >= 0.3 is 0 Å². The second-order valence-corrected chi connectivity index (χ2v) is 8.91. The third-order valence-corrected chi connectivity index (χ3v) is 5.02. The molecule has 0 amide bonds. The van der Waals surface area contributed by atoms with Crippen molar-refractivity contribution in [2.24, 2.45) is 16.3 Å². The van der Waals surface area contributed by atoms with Gasteiger partial charge in [0, 0.05) is 11.3 Å². The first-order valence-electron chi connectivity index (χ1n) is 4.42. The Morgan fingerprint density at radius 2 is 1.67 bits per heavy atom. The molecule has 12 heavy (non-hydrogen) atoms. The standard InChI is InChI=1S/C9H22N2S/c1-8(2)5-9(3,10)7-12(4,11)6-8/h5-7,10-11H2,1-4H3. The number of nitrogens with two attached hydrogens (primary N) is 2. The fraction of sp³-hybridized carbons (Fsp3) is 1.00. The Kier molecular flexibility index (Phi) is 2.27. The van der Waals surface area contributed by atoms with Crippen LogP contribution < -0.4 is 10.9 Å². The Morgan fingerprint density at radius 3 is 2.00 bits per heavy atom. The Hall–Kier alpha value is 0.270. The van der Waals surface area contributed by atoms with Gasteiger partial charge in [-0.15, -0.1) is 0 Å². The summed E-state index contributed by atoms with van der Waals surface area (Å²) in [7, 11) is -0.923. The second kappa shape index (κ2) is 2.63. The second-order valence-electron chi connectivity index (χ2n) is 5.63. The highest BCUT2D eigenvalue weighted by Gasteiger charge is 2.40. The maximum atomic E-state index is 6.23. The molecule has 2 unspecified atom stereocenters. The molecule has 4 N–H and O–H groups in total. The van der Waals surface area contributed by atoms with E-state index in [1.165, 1.54) is 0 Å². The van der Waals surface area contributed by atoms with E-state index in [1.807, 2.05) is 0 Å². The van der Waals surface area contributed by atoms with Gasteiger partial charge in [-0.1, -0.05) is 13.8 Å². The Balaban J connectivity index is 2.81. The van der Waals surface area contributed by atoms with Crippen LogP contribution in [-0.4, -0.2) is 23.3 Å². The van der Waals surface area contributed by atoms with Crippen LogP contribution in [0.4, 0.5) is 0 Å². The summed E-state index contributed by atoms with van der Waals surface area (Å²) in [5.74, 6) is 2.18. The quantitative estimate of drug-likeness (QED) is 0.607. The molecule has 3 heteroatoms. The summed E-state index contributed by atoms with van der Waals surface area (Å²) in [6.07, 6.45) is 3.29. The molecule has 0 radical (unpaired) electrons. The van der Waals surface area contributed by atoms with Crippen LogP contribution in [-0.2, 0) is 0 Å². The minimum absolute atomic E-state index is 0.0411. The van der Waals surface area contributed by atoms with E-state index in [-0.39, 0.29) is 5.54 Å². The van der Waals surface area contributed by atoms with E-state index in [0.717, 1.165) is 17.9 Å². The van der Waals surface area contributed by atoms with Crippen molar-refractivity contribution in [3.05, 3.63) is 0 Å². The van der Waals surface area contributed by atoms with Gasteiger partial charge in [0.05, 0.1) is 0 Å². The monoisotopic (exact) mass is 190 g/mol. The van der Waals surface area contributed by atoms with Gasteiger partial charge in [-0.25, -0.2) is 0 Å². The van der Waals surface area contributed by atoms with Crippen LogP contribution in [0.1, 0.15) is 27.2 Å².